The van der Waals surface area contributed by atoms with Crippen molar-refractivity contribution >= 4 is 0 Å². The van der Waals surface area contributed by atoms with Crippen molar-refractivity contribution in [2.75, 3.05) is 13.7 Å². The lowest BCUT2D eigenvalue weighted by Crippen LogP contribution is -2.07. The normalized spacial score (nSPS) is 11.7. The number of ether oxygens (including phenoxy) is 1. The lowest BCUT2D eigenvalue weighted by molar-refractivity contribution is -0.137. The molecule has 0 atom stereocenters. The third-order valence-corrected chi connectivity index (χ3v) is 2.79. The summed E-state index contributed by atoms with van der Waals surface area (Å²) in [5.41, 5.74) is 0.129. The largest absolute Gasteiger partial charge is 0.481 e. The molecular weight excluding hydrogens is 273 g/mol. The number of aliphatic hydroxyl groups excluding tert-OH is 1. The van der Waals surface area contributed by atoms with Crippen molar-refractivity contribution in [3.63, 3.8) is 0 Å². The van der Waals surface area contributed by atoms with Gasteiger partial charge in [0.25, 0.3) is 0 Å². The zero-order chi connectivity index (χ0) is 14.8. The maximum Gasteiger partial charge on any atom is 0.416 e. The van der Waals surface area contributed by atoms with Crippen molar-refractivity contribution < 1.29 is 23.0 Å². The Balaban J connectivity index is 2.46. The quantitative estimate of drug-likeness (QED) is 0.939. The van der Waals surface area contributed by atoms with Gasteiger partial charge in [-0.2, -0.15) is 18.3 Å². The van der Waals surface area contributed by atoms with Crippen molar-refractivity contribution in [2.24, 2.45) is 0 Å². The molecule has 2 aromatic rings. The number of benzene rings is 1. The van der Waals surface area contributed by atoms with Crippen molar-refractivity contribution in [3.8, 4) is 11.6 Å². The number of rotatable bonds is 4. The van der Waals surface area contributed by atoms with E-state index in [-0.39, 0.29) is 12.3 Å². The van der Waals surface area contributed by atoms with E-state index in [4.69, 9.17) is 9.84 Å². The smallest absolute Gasteiger partial charge is 0.416 e. The highest BCUT2D eigenvalue weighted by molar-refractivity contribution is 5.41. The van der Waals surface area contributed by atoms with Crippen LogP contribution in [0.1, 0.15) is 11.1 Å². The molecule has 1 aromatic carbocycles. The van der Waals surface area contributed by atoms with E-state index in [2.05, 4.69) is 5.10 Å². The number of methoxy groups -OCH3 is 1. The van der Waals surface area contributed by atoms with Crippen LogP contribution in [-0.2, 0) is 12.6 Å². The monoisotopic (exact) mass is 286 g/mol. The molecule has 0 amide bonds. The van der Waals surface area contributed by atoms with Crippen LogP contribution in [0, 0.1) is 0 Å². The van der Waals surface area contributed by atoms with E-state index in [0.717, 1.165) is 12.1 Å². The molecule has 2 rings (SSSR count). The summed E-state index contributed by atoms with van der Waals surface area (Å²) in [6.45, 7) is -0.0926. The summed E-state index contributed by atoms with van der Waals surface area (Å²) in [5.74, 6) is 0.318. The molecule has 0 aliphatic heterocycles. The number of aliphatic hydroxyl groups is 1. The Morgan fingerprint density at radius 1 is 1.35 bits per heavy atom. The lowest BCUT2D eigenvalue weighted by Gasteiger charge is -2.11. The average Bonchev–Trinajstić information content (AvgIpc) is 2.81. The fourth-order valence-corrected chi connectivity index (χ4v) is 1.88. The topological polar surface area (TPSA) is 47.3 Å². The molecule has 0 aliphatic rings. The number of hydrogen-bond acceptors (Lipinski definition) is 3. The van der Waals surface area contributed by atoms with Crippen LogP contribution in [0.4, 0.5) is 13.2 Å². The van der Waals surface area contributed by atoms with Crippen LogP contribution >= 0.6 is 0 Å². The van der Waals surface area contributed by atoms with Gasteiger partial charge in [-0.05, 0) is 18.2 Å². The molecule has 0 spiro atoms. The molecule has 0 radical (unpaired) electrons. The first-order valence-electron chi connectivity index (χ1n) is 5.86. The average molecular weight is 286 g/mol. The van der Waals surface area contributed by atoms with Crippen LogP contribution < -0.4 is 4.74 Å². The van der Waals surface area contributed by atoms with E-state index >= 15 is 0 Å². The van der Waals surface area contributed by atoms with Gasteiger partial charge in [-0.15, -0.1) is 0 Å². The number of aromatic nitrogens is 2. The Bertz CT molecular complexity index is 594. The van der Waals surface area contributed by atoms with Gasteiger partial charge in [-0.3, -0.25) is 0 Å². The lowest BCUT2D eigenvalue weighted by atomic mass is 10.2. The molecular formula is C13H13F3N2O2. The summed E-state index contributed by atoms with van der Waals surface area (Å²) in [4.78, 5) is 0. The minimum atomic E-state index is -4.41. The second-order valence-corrected chi connectivity index (χ2v) is 4.11. The van der Waals surface area contributed by atoms with Crippen molar-refractivity contribution in [1.82, 2.24) is 9.78 Å². The van der Waals surface area contributed by atoms with Crippen molar-refractivity contribution in [1.29, 1.82) is 0 Å². The molecule has 0 saturated heterocycles. The first-order chi connectivity index (χ1) is 9.47. The summed E-state index contributed by atoms with van der Waals surface area (Å²) in [6, 6.07) is 4.81. The van der Waals surface area contributed by atoms with E-state index in [0.29, 0.717) is 17.9 Å². The number of hydrogen-bond donors (Lipinski definition) is 1. The van der Waals surface area contributed by atoms with Gasteiger partial charge in [-0.1, -0.05) is 6.07 Å². The van der Waals surface area contributed by atoms with Gasteiger partial charge in [0.15, 0.2) is 0 Å². The number of halogens is 3. The van der Waals surface area contributed by atoms with Gasteiger partial charge in [0, 0.05) is 18.6 Å². The Morgan fingerprint density at radius 3 is 2.70 bits per heavy atom. The molecule has 0 aliphatic carbocycles. The molecule has 4 nitrogen and oxygen atoms in total. The molecule has 0 saturated carbocycles. The van der Waals surface area contributed by atoms with Gasteiger partial charge in [0.1, 0.15) is 0 Å². The maximum atomic E-state index is 12.7. The molecule has 1 N–H and O–H groups in total. The van der Waals surface area contributed by atoms with Crippen LogP contribution in [0.5, 0.6) is 5.88 Å². The number of nitrogens with zero attached hydrogens (tertiary/aromatic N) is 2. The van der Waals surface area contributed by atoms with Gasteiger partial charge in [0.05, 0.1) is 24.6 Å². The molecule has 1 aromatic heterocycles. The van der Waals surface area contributed by atoms with E-state index in [9.17, 15) is 13.2 Å². The van der Waals surface area contributed by atoms with Gasteiger partial charge in [-0.25, -0.2) is 4.68 Å². The molecule has 0 fully saturated rings. The minimum absolute atomic E-state index is 0.0926. The van der Waals surface area contributed by atoms with Gasteiger partial charge >= 0.3 is 6.18 Å². The van der Waals surface area contributed by atoms with Crippen molar-refractivity contribution in [3.05, 3.63) is 41.6 Å². The van der Waals surface area contributed by atoms with E-state index in [1.165, 1.54) is 30.1 Å². The standard InChI is InChI=1S/C13H13F3N2O2/c1-20-12-9(5-6-19)8-17-18(12)11-4-2-3-10(7-11)13(14,15)16/h2-4,7-8,19H,5-6H2,1H3. The fourth-order valence-electron chi connectivity index (χ4n) is 1.88. The van der Waals surface area contributed by atoms with Crippen LogP contribution in [0.3, 0.4) is 0 Å². The SMILES string of the molecule is COc1c(CCO)cnn1-c1cccc(C(F)(F)F)c1. The minimum Gasteiger partial charge on any atom is -0.481 e. The third kappa shape index (κ3) is 2.77. The molecule has 1 heterocycles. The van der Waals surface area contributed by atoms with Gasteiger partial charge in [0.2, 0.25) is 5.88 Å². The maximum absolute atomic E-state index is 12.7. The second-order valence-electron chi connectivity index (χ2n) is 4.11. The summed E-state index contributed by atoms with van der Waals surface area (Å²) in [5, 5.41) is 12.9. The molecule has 108 valence electrons. The predicted molar refractivity (Wildman–Crippen MR) is 65.9 cm³/mol. The van der Waals surface area contributed by atoms with Gasteiger partial charge < -0.3 is 9.84 Å². The zero-order valence-corrected chi connectivity index (χ0v) is 10.7. The van der Waals surface area contributed by atoms with Crippen LogP contribution in [0.2, 0.25) is 0 Å². The Labute approximate surface area is 113 Å². The number of alkyl halides is 3. The summed E-state index contributed by atoms with van der Waals surface area (Å²) in [7, 11) is 1.40. The highest BCUT2D eigenvalue weighted by Crippen LogP contribution is 2.31. The first kappa shape index (κ1) is 14.4. The summed E-state index contributed by atoms with van der Waals surface area (Å²) >= 11 is 0. The summed E-state index contributed by atoms with van der Waals surface area (Å²) < 4.78 is 44.5. The summed E-state index contributed by atoms with van der Waals surface area (Å²) in [6.07, 6.45) is -2.62. The van der Waals surface area contributed by atoms with Crippen LogP contribution in [0.15, 0.2) is 30.5 Å². The third-order valence-electron chi connectivity index (χ3n) is 2.79. The fraction of sp³-hybridized carbons (Fsp3) is 0.308. The highest BCUT2D eigenvalue weighted by Gasteiger charge is 2.30. The van der Waals surface area contributed by atoms with E-state index in [1.54, 1.807) is 0 Å². The highest BCUT2D eigenvalue weighted by atomic mass is 19.4. The first-order valence-corrected chi connectivity index (χ1v) is 5.86. The molecule has 0 unspecified atom stereocenters. The van der Waals surface area contributed by atoms with Crippen LogP contribution in [-0.4, -0.2) is 28.6 Å². The molecule has 7 heteroatoms. The molecule has 20 heavy (non-hydrogen) atoms. The van der Waals surface area contributed by atoms with E-state index < -0.39 is 11.7 Å². The Hall–Kier alpha value is -2.02. The zero-order valence-electron chi connectivity index (χ0n) is 10.7. The Kier molecular flexibility index (Phi) is 3.99. The van der Waals surface area contributed by atoms with Crippen LogP contribution in [0.25, 0.3) is 5.69 Å². The second kappa shape index (κ2) is 5.54. The van der Waals surface area contributed by atoms with E-state index in [1.807, 2.05) is 0 Å². The molecule has 0 bridgehead atoms. The van der Waals surface area contributed by atoms with Crippen molar-refractivity contribution in [2.45, 2.75) is 12.6 Å². The predicted octanol–water partition coefficient (Wildman–Crippen LogP) is 2.43. The Morgan fingerprint density at radius 2 is 2.10 bits per heavy atom.